The maximum absolute atomic E-state index is 11.4. The predicted molar refractivity (Wildman–Crippen MR) is 93.4 cm³/mol. The summed E-state index contributed by atoms with van der Waals surface area (Å²) in [4.78, 5) is 16.5. The Kier molecular flexibility index (Phi) is 6.57. The second-order valence-electron chi connectivity index (χ2n) is 4.98. The maximum Gasteiger partial charge on any atom is 0.349 e. The summed E-state index contributed by atoms with van der Waals surface area (Å²) >= 11 is 22.9. The lowest BCUT2D eigenvalue weighted by Crippen LogP contribution is -2.30. The van der Waals surface area contributed by atoms with Gasteiger partial charge < -0.3 is 9.64 Å². The fraction of sp³-hybridized carbons (Fsp3) is 0.357. The van der Waals surface area contributed by atoms with Gasteiger partial charge in [0.1, 0.15) is 16.3 Å². The van der Waals surface area contributed by atoms with E-state index in [0.29, 0.717) is 18.3 Å². The second kappa shape index (κ2) is 8.25. The van der Waals surface area contributed by atoms with Gasteiger partial charge in [0, 0.05) is 12.7 Å². The Morgan fingerprint density at radius 1 is 1.46 bits per heavy atom. The fourth-order valence-electron chi connectivity index (χ4n) is 2.30. The van der Waals surface area contributed by atoms with Crippen molar-refractivity contribution in [3.8, 4) is 0 Å². The summed E-state index contributed by atoms with van der Waals surface area (Å²) in [5, 5.41) is 11.4. The smallest absolute Gasteiger partial charge is 0.349 e. The summed E-state index contributed by atoms with van der Waals surface area (Å²) in [6.45, 7) is 2.61. The minimum Gasteiger partial charge on any atom is -0.472 e. The third-order valence-corrected chi connectivity index (χ3v) is 4.65. The van der Waals surface area contributed by atoms with Gasteiger partial charge >= 0.3 is 5.70 Å². The van der Waals surface area contributed by atoms with Crippen LogP contribution in [0.4, 0.5) is 0 Å². The highest BCUT2D eigenvalue weighted by Crippen LogP contribution is 2.34. The maximum atomic E-state index is 11.4. The molecule has 0 N–H and O–H groups in total. The Labute approximate surface area is 158 Å². The first-order valence-electron chi connectivity index (χ1n) is 6.94. The minimum absolute atomic E-state index is 0.0330. The van der Waals surface area contributed by atoms with Gasteiger partial charge in [0.2, 0.25) is 0 Å². The average molecular weight is 413 g/mol. The Hall–Kier alpha value is -1.21. The van der Waals surface area contributed by atoms with Crippen molar-refractivity contribution in [2.24, 2.45) is 0 Å². The Balaban J connectivity index is 2.46. The van der Waals surface area contributed by atoms with E-state index in [4.69, 9.17) is 51.1 Å². The SMILES string of the molecule is CC[C@H]1CO/C(=C(\C(Cl)=C(Cl)Cl)[N+](=O)[O-])N1Cc1ccc(Cl)nc1. The molecule has 2 rings (SSSR count). The van der Waals surface area contributed by atoms with Gasteiger partial charge in [-0.25, -0.2) is 4.98 Å². The third kappa shape index (κ3) is 4.25. The van der Waals surface area contributed by atoms with Crippen molar-refractivity contribution < 1.29 is 9.66 Å². The van der Waals surface area contributed by atoms with Crippen molar-refractivity contribution in [1.29, 1.82) is 0 Å². The molecule has 0 saturated carbocycles. The molecule has 2 heterocycles. The molecule has 1 aliphatic rings. The highest BCUT2D eigenvalue weighted by Gasteiger charge is 2.38. The first-order valence-corrected chi connectivity index (χ1v) is 8.46. The van der Waals surface area contributed by atoms with Crippen LogP contribution in [-0.4, -0.2) is 27.5 Å². The van der Waals surface area contributed by atoms with Crippen LogP contribution in [0.15, 0.2) is 39.4 Å². The molecule has 0 radical (unpaired) electrons. The van der Waals surface area contributed by atoms with Crippen molar-refractivity contribution in [3.05, 3.63) is 60.3 Å². The summed E-state index contributed by atoms with van der Waals surface area (Å²) in [6.07, 6.45) is 2.33. The average Bonchev–Trinajstić information content (AvgIpc) is 2.92. The number of pyridine rings is 1. The molecule has 0 aromatic carbocycles. The molecule has 0 spiro atoms. The van der Waals surface area contributed by atoms with E-state index in [-0.39, 0.29) is 17.0 Å². The van der Waals surface area contributed by atoms with Crippen LogP contribution in [0.5, 0.6) is 0 Å². The zero-order valence-electron chi connectivity index (χ0n) is 12.5. The molecule has 1 saturated heterocycles. The van der Waals surface area contributed by atoms with Gasteiger partial charge in [-0.3, -0.25) is 10.1 Å². The van der Waals surface area contributed by atoms with Gasteiger partial charge in [-0.1, -0.05) is 59.4 Å². The van der Waals surface area contributed by atoms with Gasteiger partial charge in [-0.15, -0.1) is 0 Å². The van der Waals surface area contributed by atoms with Gasteiger partial charge in [-0.05, 0) is 18.1 Å². The number of halogens is 4. The van der Waals surface area contributed by atoms with Gasteiger partial charge in [0.25, 0.3) is 5.88 Å². The lowest BCUT2D eigenvalue weighted by molar-refractivity contribution is -0.424. The number of nitro groups is 1. The standard InChI is InChI=1S/C14H13Cl4N3O3/c1-2-9-7-24-14(12(21(22)23)11(16)13(17)18)20(9)6-8-3-4-10(15)19-5-8/h3-5,9H,2,6-7H2,1H3/b14-12+/t9-/m0/s1. The molecule has 0 unspecified atom stereocenters. The van der Waals surface area contributed by atoms with Crippen LogP contribution in [0.25, 0.3) is 0 Å². The van der Waals surface area contributed by atoms with Crippen LogP contribution < -0.4 is 0 Å². The quantitative estimate of drug-likeness (QED) is 0.399. The Bertz CT molecular complexity index is 687. The zero-order valence-corrected chi connectivity index (χ0v) is 15.5. The Morgan fingerprint density at radius 3 is 2.67 bits per heavy atom. The van der Waals surface area contributed by atoms with E-state index in [2.05, 4.69) is 4.98 Å². The molecule has 1 atom stereocenters. The van der Waals surface area contributed by atoms with Gasteiger partial charge in [0.15, 0.2) is 5.03 Å². The summed E-state index contributed by atoms with van der Waals surface area (Å²) in [5.41, 5.74) is 0.357. The number of nitrogens with zero attached hydrogens (tertiary/aromatic N) is 3. The highest BCUT2D eigenvalue weighted by atomic mass is 35.5. The molecular formula is C14H13Cl4N3O3. The van der Waals surface area contributed by atoms with Crippen LogP contribution in [0.3, 0.4) is 0 Å². The molecule has 0 aliphatic carbocycles. The van der Waals surface area contributed by atoms with Crippen molar-refractivity contribution in [1.82, 2.24) is 9.88 Å². The minimum atomic E-state index is -0.659. The number of aromatic nitrogens is 1. The summed E-state index contributed by atoms with van der Waals surface area (Å²) in [6, 6.07) is 3.38. The summed E-state index contributed by atoms with van der Waals surface area (Å²) in [5.74, 6) is 0.0330. The van der Waals surface area contributed by atoms with Crippen LogP contribution in [0, 0.1) is 10.1 Å². The molecule has 1 aromatic rings. The lowest BCUT2D eigenvalue weighted by atomic mass is 10.2. The number of allylic oxidation sites excluding steroid dienone is 1. The molecule has 24 heavy (non-hydrogen) atoms. The monoisotopic (exact) mass is 411 g/mol. The van der Waals surface area contributed by atoms with Crippen molar-refractivity contribution in [2.75, 3.05) is 6.61 Å². The molecular weight excluding hydrogens is 400 g/mol. The van der Waals surface area contributed by atoms with Crippen LogP contribution in [0.2, 0.25) is 5.15 Å². The topological polar surface area (TPSA) is 68.5 Å². The summed E-state index contributed by atoms with van der Waals surface area (Å²) < 4.78 is 5.15. The van der Waals surface area contributed by atoms with Gasteiger partial charge in [0.05, 0.1) is 11.0 Å². The van der Waals surface area contributed by atoms with E-state index < -0.39 is 15.1 Å². The molecule has 6 nitrogen and oxygen atoms in total. The molecule has 1 aromatic heterocycles. The fourth-order valence-corrected chi connectivity index (χ4v) is 2.74. The van der Waals surface area contributed by atoms with E-state index in [1.165, 1.54) is 0 Å². The largest absolute Gasteiger partial charge is 0.472 e. The molecule has 130 valence electrons. The molecule has 0 bridgehead atoms. The number of hydrogen-bond donors (Lipinski definition) is 0. The van der Waals surface area contributed by atoms with Crippen LogP contribution >= 0.6 is 46.4 Å². The van der Waals surface area contributed by atoms with E-state index in [0.717, 1.165) is 12.0 Å². The Morgan fingerprint density at radius 2 is 2.17 bits per heavy atom. The lowest BCUT2D eigenvalue weighted by Gasteiger charge is -2.23. The van der Waals surface area contributed by atoms with Crippen molar-refractivity contribution >= 4 is 46.4 Å². The molecule has 1 aliphatic heterocycles. The van der Waals surface area contributed by atoms with Crippen molar-refractivity contribution in [3.63, 3.8) is 0 Å². The molecule has 1 fully saturated rings. The first-order chi connectivity index (χ1) is 11.3. The molecule has 10 heteroatoms. The second-order valence-corrected chi connectivity index (χ2v) is 6.69. The first kappa shape index (κ1) is 19.1. The van der Waals surface area contributed by atoms with Crippen LogP contribution in [-0.2, 0) is 11.3 Å². The normalized spacial score (nSPS) is 19.0. The summed E-state index contributed by atoms with van der Waals surface area (Å²) in [7, 11) is 0. The highest BCUT2D eigenvalue weighted by molar-refractivity contribution is 6.59. The number of hydrogen-bond acceptors (Lipinski definition) is 5. The van der Waals surface area contributed by atoms with Crippen molar-refractivity contribution in [2.45, 2.75) is 25.9 Å². The number of rotatable bonds is 5. The zero-order chi connectivity index (χ0) is 17.9. The van der Waals surface area contributed by atoms with Gasteiger partial charge in [-0.2, -0.15) is 0 Å². The van der Waals surface area contributed by atoms with E-state index in [9.17, 15) is 10.1 Å². The third-order valence-electron chi connectivity index (χ3n) is 3.49. The van der Waals surface area contributed by atoms with E-state index in [1.54, 1.807) is 23.2 Å². The van der Waals surface area contributed by atoms with E-state index in [1.807, 2.05) is 6.92 Å². The predicted octanol–water partition coefficient (Wildman–Crippen LogP) is 4.68. The molecule has 0 amide bonds. The number of ether oxygens (including phenoxy) is 1. The van der Waals surface area contributed by atoms with Crippen LogP contribution in [0.1, 0.15) is 18.9 Å². The van der Waals surface area contributed by atoms with E-state index >= 15 is 0 Å².